The van der Waals surface area contributed by atoms with Crippen LogP contribution in [-0.2, 0) is 10.0 Å². The number of anilines is 3. The van der Waals surface area contributed by atoms with Crippen LogP contribution in [0.4, 0.5) is 17.2 Å². The van der Waals surface area contributed by atoms with Gasteiger partial charge in [-0.2, -0.15) is 0 Å². The molecular weight excluding hydrogens is 354 g/mol. The van der Waals surface area contributed by atoms with Crippen molar-refractivity contribution in [1.29, 1.82) is 0 Å². The summed E-state index contributed by atoms with van der Waals surface area (Å²) in [6.45, 7) is 0. The second-order valence-corrected chi connectivity index (χ2v) is 7.84. The van der Waals surface area contributed by atoms with Crippen molar-refractivity contribution in [1.82, 2.24) is 4.98 Å². The molecule has 2 aromatic heterocycles. The van der Waals surface area contributed by atoms with Crippen molar-refractivity contribution in [2.45, 2.75) is 4.21 Å². The van der Waals surface area contributed by atoms with Gasteiger partial charge in [-0.25, -0.2) is 13.4 Å². The van der Waals surface area contributed by atoms with Crippen LogP contribution in [0.5, 0.6) is 0 Å². The molecule has 3 rings (SSSR count). The van der Waals surface area contributed by atoms with Crippen LogP contribution >= 0.6 is 22.9 Å². The van der Waals surface area contributed by atoms with Crippen LogP contribution in [0.15, 0.2) is 64.3 Å². The molecule has 0 aliphatic rings. The smallest absolute Gasteiger partial charge is 0.272 e. The van der Waals surface area contributed by atoms with Crippen molar-refractivity contribution in [2.75, 3.05) is 10.0 Å². The number of halogens is 1. The number of pyridine rings is 1. The maximum Gasteiger partial charge on any atom is 0.272 e. The summed E-state index contributed by atoms with van der Waals surface area (Å²) in [4.78, 5) is 4.11. The third-order valence-corrected chi connectivity index (χ3v) is 6.00. The van der Waals surface area contributed by atoms with E-state index in [4.69, 9.17) is 11.6 Å². The van der Waals surface area contributed by atoms with Crippen molar-refractivity contribution in [3.63, 3.8) is 0 Å². The molecule has 0 bridgehead atoms. The highest BCUT2D eigenvalue weighted by atomic mass is 35.5. The van der Waals surface area contributed by atoms with E-state index in [-0.39, 0.29) is 10.0 Å². The summed E-state index contributed by atoms with van der Waals surface area (Å²) in [6.07, 6.45) is 1.54. The molecule has 1 aromatic carbocycles. The number of nitrogens with one attached hydrogen (secondary N) is 2. The SMILES string of the molecule is O=S(=O)(Nc1ccc(Nc2ccccc2Cl)cn1)c1cccs1. The van der Waals surface area contributed by atoms with Crippen LogP contribution in [-0.4, -0.2) is 13.4 Å². The van der Waals surface area contributed by atoms with Crippen LogP contribution in [0.3, 0.4) is 0 Å². The minimum atomic E-state index is -3.58. The number of sulfonamides is 1. The Morgan fingerprint density at radius 3 is 2.52 bits per heavy atom. The third-order valence-electron chi connectivity index (χ3n) is 2.92. The third kappa shape index (κ3) is 3.82. The highest BCUT2D eigenvalue weighted by Crippen LogP contribution is 2.25. The maximum absolute atomic E-state index is 12.1. The molecule has 0 unspecified atom stereocenters. The van der Waals surface area contributed by atoms with Gasteiger partial charge in [0.15, 0.2) is 0 Å². The molecular formula is C15H12ClN3O2S2. The molecule has 0 spiro atoms. The van der Waals surface area contributed by atoms with Crippen LogP contribution in [0.25, 0.3) is 0 Å². The molecule has 5 nitrogen and oxygen atoms in total. The van der Waals surface area contributed by atoms with Crippen LogP contribution < -0.4 is 10.0 Å². The number of hydrogen-bond acceptors (Lipinski definition) is 5. The van der Waals surface area contributed by atoms with Gasteiger partial charge < -0.3 is 5.32 Å². The lowest BCUT2D eigenvalue weighted by atomic mass is 10.3. The zero-order chi connectivity index (χ0) is 16.3. The lowest BCUT2D eigenvalue weighted by molar-refractivity contribution is 0.603. The van der Waals surface area contributed by atoms with Crippen molar-refractivity contribution >= 4 is 50.2 Å². The standard InChI is InChI=1S/C15H12ClN3O2S2/c16-12-4-1-2-5-13(12)18-11-7-8-14(17-10-11)19-23(20,21)15-6-3-9-22-15/h1-10,18H,(H,17,19). The largest absolute Gasteiger partial charge is 0.353 e. The minimum Gasteiger partial charge on any atom is -0.353 e. The molecule has 0 saturated heterocycles. The number of aromatic nitrogens is 1. The molecule has 0 amide bonds. The Morgan fingerprint density at radius 2 is 1.87 bits per heavy atom. The van der Waals surface area contributed by atoms with Gasteiger partial charge in [-0.05, 0) is 35.7 Å². The summed E-state index contributed by atoms with van der Waals surface area (Å²) in [5.74, 6) is 0.253. The quantitative estimate of drug-likeness (QED) is 0.705. The molecule has 0 radical (unpaired) electrons. The lowest BCUT2D eigenvalue weighted by Crippen LogP contribution is -2.12. The summed E-state index contributed by atoms with van der Waals surface area (Å²) in [6, 6.07) is 13.9. The van der Waals surface area contributed by atoms with Crippen LogP contribution in [0, 0.1) is 0 Å². The van der Waals surface area contributed by atoms with Crippen molar-refractivity contribution < 1.29 is 8.42 Å². The number of hydrogen-bond donors (Lipinski definition) is 2. The summed E-state index contributed by atoms with van der Waals surface area (Å²) < 4.78 is 26.9. The van der Waals surface area contributed by atoms with E-state index in [1.165, 1.54) is 6.20 Å². The van der Waals surface area contributed by atoms with E-state index in [0.29, 0.717) is 10.7 Å². The second-order valence-electron chi connectivity index (χ2n) is 4.57. The molecule has 0 atom stereocenters. The number of nitrogens with zero attached hydrogens (tertiary/aromatic N) is 1. The summed E-state index contributed by atoms with van der Waals surface area (Å²) in [5.41, 5.74) is 1.46. The second kappa shape index (κ2) is 6.57. The van der Waals surface area contributed by atoms with Gasteiger partial charge in [-0.3, -0.25) is 4.72 Å². The number of thiophene rings is 1. The predicted octanol–water partition coefficient (Wildman–Crippen LogP) is 4.34. The molecule has 23 heavy (non-hydrogen) atoms. The van der Waals surface area contributed by atoms with Gasteiger partial charge in [0.25, 0.3) is 10.0 Å². The summed E-state index contributed by atoms with van der Waals surface area (Å²) in [5, 5.41) is 5.42. The van der Waals surface area contributed by atoms with Crippen LogP contribution in [0.1, 0.15) is 0 Å². The van der Waals surface area contributed by atoms with E-state index >= 15 is 0 Å². The highest BCUT2D eigenvalue weighted by molar-refractivity contribution is 7.94. The average molecular weight is 366 g/mol. The fraction of sp³-hybridized carbons (Fsp3) is 0. The Hall–Kier alpha value is -2.09. The zero-order valence-corrected chi connectivity index (χ0v) is 14.1. The number of rotatable bonds is 5. The van der Waals surface area contributed by atoms with E-state index in [0.717, 1.165) is 17.0 Å². The van der Waals surface area contributed by atoms with E-state index in [9.17, 15) is 8.42 Å². The maximum atomic E-state index is 12.1. The molecule has 0 aliphatic carbocycles. The first-order valence-electron chi connectivity index (χ1n) is 6.58. The Balaban J connectivity index is 1.74. The molecule has 8 heteroatoms. The molecule has 0 saturated carbocycles. The van der Waals surface area contributed by atoms with Crippen molar-refractivity contribution in [2.24, 2.45) is 0 Å². The van der Waals surface area contributed by atoms with Gasteiger partial charge in [0, 0.05) is 0 Å². The fourth-order valence-electron chi connectivity index (χ4n) is 1.85. The van der Waals surface area contributed by atoms with E-state index in [1.807, 2.05) is 18.2 Å². The van der Waals surface area contributed by atoms with Crippen LogP contribution in [0.2, 0.25) is 5.02 Å². The Morgan fingerprint density at radius 1 is 1.04 bits per heavy atom. The minimum absolute atomic E-state index is 0.248. The van der Waals surface area contributed by atoms with Gasteiger partial charge in [-0.1, -0.05) is 29.8 Å². The Kier molecular flexibility index (Phi) is 4.51. The van der Waals surface area contributed by atoms with E-state index in [2.05, 4.69) is 15.0 Å². The Bertz CT molecular complexity index is 895. The van der Waals surface area contributed by atoms with Crippen molar-refractivity contribution in [3.05, 3.63) is 65.1 Å². The Labute approximate surface area is 143 Å². The molecule has 3 aromatic rings. The van der Waals surface area contributed by atoms with Gasteiger partial charge in [0.05, 0.1) is 22.6 Å². The first-order chi connectivity index (χ1) is 11.0. The molecule has 0 fully saturated rings. The van der Waals surface area contributed by atoms with Gasteiger partial charge in [-0.15, -0.1) is 11.3 Å². The molecule has 0 aliphatic heterocycles. The monoisotopic (exact) mass is 365 g/mol. The highest BCUT2D eigenvalue weighted by Gasteiger charge is 2.15. The first-order valence-corrected chi connectivity index (χ1v) is 9.33. The van der Waals surface area contributed by atoms with E-state index in [1.54, 1.807) is 35.7 Å². The molecule has 118 valence electrons. The molecule has 2 heterocycles. The fourth-order valence-corrected chi connectivity index (χ4v) is 4.03. The van der Waals surface area contributed by atoms with Gasteiger partial charge in [0.2, 0.25) is 0 Å². The average Bonchev–Trinajstić information content (AvgIpc) is 3.06. The predicted molar refractivity (Wildman–Crippen MR) is 94.1 cm³/mol. The summed E-state index contributed by atoms with van der Waals surface area (Å²) >= 11 is 7.23. The van der Waals surface area contributed by atoms with Crippen molar-refractivity contribution in [3.8, 4) is 0 Å². The number of para-hydroxylation sites is 1. The normalized spacial score (nSPS) is 11.2. The number of benzene rings is 1. The van der Waals surface area contributed by atoms with E-state index < -0.39 is 10.0 Å². The van der Waals surface area contributed by atoms with Gasteiger partial charge in [0.1, 0.15) is 10.0 Å². The molecule has 2 N–H and O–H groups in total. The zero-order valence-electron chi connectivity index (χ0n) is 11.7. The lowest BCUT2D eigenvalue weighted by Gasteiger charge is -2.09. The summed E-state index contributed by atoms with van der Waals surface area (Å²) in [7, 11) is -3.58. The first kappa shape index (κ1) is 15.8. The topological polar surface area (TPSA) is 71.1 Å². The van der Waals surface area contributed by atoms with Gasteiger partial charge >= 0.3 is 0 Å².